The number of rotatable bonds is 6. The fourth-order valence-corrected chi connectivity index (χ4v) is 4.84. The third-order valence-corrected chi connectivity index (χ3v) is 6.70. The Kier molecular flexibility index (Phi) is 6.37. The van der Waals surface area contributed by atoms with E-state index >= 15 is 0 Å². The number of nitrogens with one attached hydrogen (secondary N) is 1. The van der Waals surface area contributed by atoms with Crippen molar-refractivity contribution in [1.82, 2.24) is 4.37 Å². The van der Waals surface area contributed by atoms with Crippen molar-refractivity contribution in [3.63, 3.8) is 0 Å². The predicted molar refractivity (Wildman–Crippen MR) is 135 cm³/mol. The number of benzene rings is 3. The summed E-state index contributed by atoms with van der Waals surface area (Å²) in [5, 5.41) is 14.3. The maximum Gasteiger partial charge on any atom is 0.161 e. The molecule has 9 heteroatoms. The lowest BCUT2D eigenvalue weighted by Crippen LogP contribution is -2.15. The zero-order valence-corrected chi connectivity index (χ0v) is 19.7. The summed E-state index contributed by atoms with van der Waals surface area (Å²) in [5.41, 5.74) is 3.33. The molecule has 6 nitrogen and oxygen atoms in total. The summed E-state index contributed by atoms with van der Waals surface area (Å²) >= 11 is 14.6. The molecule has 4 aromatic rings. The van der Waals surface area contributed by atoms with Crippen LogP contribution in [0.4, 0.5) is 11.5 Å². The molecule has 2 N–H and O–H groups in total. The lowest BCUT2D eigenvalue weighted by molar-refractivity contribution is 0.171. The summed E-state index contributed by atoms with van der Waals surface area (Å²) in [6.45, 7) is 1.41. The van der Waals surface area contributed by atoms with Crippen LogP contribution in [0.5, 0.6) is 11.5 Å². The molecular weight excluding hydrogens is 481 g/mol. The van der Waals surface area contributed by atoms with E-state index in [9.17, 15) is 0 Å². The van der Waals surface area contributed by atoms with E-state index in [0.29, 0.717) is 41.4 Å². The average molecular weight is 500 g/mol. The lowest BCUT2D eigenvalue weighted by Gasteiger charge is -2.19. The van der Waals surface area contributed by atoms with Crippen molar-refractivity contribution >= 4 is 62.5 Å². The van der Waals surface area contributed by atoms with Gasteiger partial charge in [0.15, 0.2) is 17.3 Å². The second-order valence-electron chi connectivity index (χ2n) is 7.31. The van der Waals surface area contributed by atoms with Gasteiger partial charge in [-0.3, -0.25) is 4.99 Å². The number of ether oxygens (including phenoxy) is 2. The van der Waals surface area contributed by atoms with Crippen molar-refractivity contribution in [3.05, 3.63) is 64.1 Å². The highest BCUT2D eigenvalue weighted by Crippen LogP contribution is 2.41. The Hall–Kier alpha value is -2.84. The highest BCUT2D eigenvalue weighted by Gasteiger charge is 2.16. The van der Waals surface area contributed by atoms with Gasteiger partial charge in [-0.15, -0.1) is 0 Å². The summed E-state index contributed by atoms with van der Waals surface area (Å²) in [5.74, 6) is 2.13. The van der Waals surface area contributed by atoms with Gasteiger partial charge in [-0.25, -0.2) is 0 Å². The second kappa shape index (κ2) is 9.57. The van der Waals surface area contributed by atoms with Gasteiger partial charge >= 0.3 is 0 Å². The van der Waals surface area contributed by atoms with Gasteiger partial charge in [0, 0.05) is 22.7 Å². The van der Waals surface area contributed by atoms with Crippen LogP contribution in [-0.4, -0.2) is 42.1 Å². The van der Waals surface area contributed by atoms with Gasteiger partial charge in [0.25, 0.3) is 0 Å². The van der Waals surface area contributed by atoms with Crippen LogP contribution in [0, 0.1) is 0 Å². The summed E-state index contributed by atoms with van der Waals surface area (Å²) in [4.78, 5) is 4.15. The van der Waals surface area contributed by atoms with Crippen molar-refractivity contribution < 1.29 is 14.6 Å². The molecule has 0 atom stereocenters. The highest BCUT2D eigenvalue weighted by molar-refractivity contribution is 7.13. The number of anilines is 2. The van der Waals surface area contributed by atoms with Crippen LogP contribution in [0.2, 0.25) is 10.0 Å². The number of aromatic nitrogens is 1. The number of aliphatic imine (C=N–C) groups is 1. The van der Waals surface area contributed by atoms with Crippen LogP contribution >= 0.6 is 34.7 Å². The molecule has 0 saturated carbocycles. The van der Waals surface area contributed by atoms with E-state index in [1.165, 1.54) is 11.5 Å². The van der Waals surface area contributed by atoms with Gasteiger partial charge < -0.3 is 19.9 Å². The maximum absolute atomic E-state index is 8.91. The highest BCUT2D eigenvalue weighted by atomic mass is 35.5. The van der Waals surface area contributed by atoms with Gasteiger partial charge in [-0.1, -0.05) is 41.4 Å². The molecular formula is C24H19Cl2N3O3S. The van der Waals surface area contributed by atoms with E-state index in [1.807, 2.05) is 48.5 Å². The van der Waals surface area contributed by atoms with E-state index in [1.54, 1.807) is 6.21 Å². The van der Waals surface area contributed by atoms with Crippen LogP contribution in [0.3, 0.4) is 0 Å². The maximum atomic E-state index is 8.91. The third kappa shape index (κ3) is 4.50. The number of hydrogen-bond acceptors (Lipinski definition) is 7. The Morgan fingerprint density at radius 3 is 2.79 bits per heavy atom. The van der Waals surface area contributed by atoms with Gasteiger partial charge in [0.2, 0.25) is 0 Å². The second-order valence-corrected chi connectivity index (χ2v) is 8.90. The zero-order valence-electron chi connectivity index (χ0n) is 17.3. The van der Waals surface area contributed by atoms with Crippen molar-refractivity contribution in [3.8, 4) is 22.6 Å². The van der Waals surface area contributed by atoms with Crippen molar-refractivity contribution in [2.45, 2.75) is 0 Å². The molecule has 0 amide bonds. The first-order valence-electron chi connectivity index (χ1n) is 10.3. The smallest absolute Gasteiger partial charge is 0.161 e. The van der Waals surface area contributed by atoms with Gasteiger partial charge in [-0.05, 0) is 47.4 Å². The molecule has 0 unspecified atom stereocenters. The molecule has 5 rings (SSSR count). The molecule has 0 radical (unpaired) electrons. The van der Waals surface area contributed by atoms with Crippen LogP contribution in [0.25, 0.3) is 21.2 Å². The Balaban J connectivity index is 1.46. The molecule has 1 aliphatic rings. The molecule has 3 aromatic carbocycles. The summed E-state index contributed by atoms with van der Waals surface area (Å²) < 4.78 is 16.9. The quantitative estimate of drug-likeness (QED) is 0.309. The lowest BCUT2D eigenvalue weighted by atomic mass is 10.0. The first-order chi connectivity index (χ1) is 16.1. The zero-order chi connectivity index (χ0) is 22.8. The normalized spacial score (nSPS) is 13.1. The van der Waals surface area contributed by atoms with Crippen LogP contribution in [0.1, 0.15) is 5.56 Å². The van der Waals surface area contributed by atoms with E-state index in [4.69, 9.17) is 37.8 Å². The molecule has 2 heterocycles. The minimum absolute atomic E-state index is 0.00291. The molecule has 0 fully saturated rings. The Bertz CT molecular complexity index is 1360. The van der Waals surface area contributed by atoms with Crippen molar-refractivity contribution in [2.75, 3.05) is 31.7 Å². The summed E-state index contributed by atoms with van der Waals surface area (Å²) in [6.07, 6.45) is 1.67. The Morgan fingerprint density at radius 1 is 1.09 bits per heavy atom. The molecule has 168 valence electrons. The molecule has 0 saturated heterocycles. The first-order valence-corrected chi connectivity index (χ1v) is 11.8. The number of nitrogens with zero attached hydrogens (tertiary/aromatic N) is 2. The molecule has 0 aliphatic carbocycles. The number of hydrogen-bond donors (Lipinski definition) is 2. The minimum Gasteiger partial charge on any atom is -0.486 e. The first kappa shape index (κ1) is 22.0. The SMILES string of the molecule is OCCN=Cc1cc2snc(Nc3cccc(-c4ccc5c(c4)OCCO5)c3Cl)c2cc1Cl. The summed E-state index contributed by atoms with van der Waals surface area (Å²) in [6, 6.07) is 15.4. The van der Waals surface area contributed by atoms with E-state index in [2.05, 4.69) is 14.7 Å². The fourth-order valence-electron chi connectivity index (χ4n) is 3.57. The molecule has 0 spiro atoms. The van der Waals surface area contributed by atoms with E-state index < -0.39 is 0 Å². The minimum atomic E-state index is -0.00291. The van der Waals surface area contributed by atoms with E-state index in [0.717, 1.165) is 38.2 Å². The Labute approximate surface area is 204 Å². The number of aliphatic hydroxyl groups excluding tert-OH is 1. The van der Waals surface area contributed by atoms with Crippen LogP contribution < -0.4 is 14.8 Å². The topological polar surface area (TPSA) is 76.0 Å². The predicted octanol–water partition coefficient (Wildman–Crippen LogP) is 6.20. The summed E-state index contributed by atoms with van der Waals surface area (Å²) in [7, 11) is 0. The van der Waals surface area contributed by atoms with Gasteiger partial charge in [0.05, 0.1) is 33.6 Å². The molecule has 1 aromatic heterocycles. The fraction of sp³-hybridized carbons (Fsp3) is 0.167. The third-order valence-electron chi connectivity index (χ3n) is 5.15. The molecule has 0 bridgehead atoms. The Morgan fingerprint density at radius 2 is 1.94 bits per heavy atom. The van der Waals surface area contributed by atoms with Gasteiger partial charge in [-0.2, -0.15) is 4.37 Å². The molecule has 1 aliphatic heterocycles. The molecule has 33 heavy (non-hydrogen) atoms. The van der Waals surface area contributed by atoms with Crippen molar-refractivity contribution in [1.29, 1.82) is 0 Å². The largest absolute Gasteiger partial charge is 0.486 e. The number of halogens is 2. The van der Waals surface area contributed by atoms with Gasteiger partial charge in [0.1, 0.15) is 13.2 Å². The average Bonchev–Trinajstić information content (AvgIpc) is 3.21. The van der Waals surface area contributed by atoms with E-state index in [-0.39, 0.29) is 6.61 Å². The standard InChI is InChI=1S/C24H19Cl2N3O3S/c25-18-12-17-22(11-15(18)13-27-6-7-30)33-29-24(17)28-19-3-1-2-16(23(19)26)14-4-5-20-21(10-14)32-9-8-31-20/h1-5,10-13,30H,6-9H2,(H,28,29). The monoisotopic (exact) mass is 499 g/mol. The number of fused-ring (bicyclic) bond motifs is 2. The number of aliphatic hydroxyl groups is 1. The van der Waals surface area contributed by atoms with Crippen LogP contribution in [0.15, 0.2) is 53.5 Å². The van der Waals surface area contributed by atoms with Crippen molar-refractivity contribution in [2.24, 2.45) is 4.99 Å². The van der Waals surface area contributed by atoms with Crippen LogP contribution in [-0.2, 0) is 0 Å².